The van der Waals surface area contributed by atoms with Gasteiger partial charge in [0.15, 0.2) is 0 Å². The molecule has 6 heteroatoms. The molecule has 0 atom stereocenters. The number of imidazole rings is 1. The first kappa shape index (κ1) is 14.6. The number of rotatable bonds is 5. The van der Waals surface area contributed by atoms with E-state index in [2.05, 4.69) is 36.1 Å². The van der Waals surface area contributed by atoms with Gasteiger partial charge >= 0.3 is 6.03 Å². The molecule has 0 unspecified atom stereocenters. The molecule has 0 fully saturated rings. The van der Waals surface area contributed by atoms with Crippen molar-refractivity contribution in [2.45, 2.75) is 19.9 Å². The van der Waals surface area contributed by atoms with Gasteiger partial charge in [-0.05, 0) is 31.5 Å². The summed E-state index contributed by atoms with van der Waals surface area (Å²) in [4.78, 5) is 15.8. The summed E-state index contributed by atoms with van der Waals surface area (Å²) in [6, 6.07) is 7.30. The van der Waals surface area contributed by atoms with Gasteiger partial charge in [0.25, 0.3) is 0 Å². The number of carbonyl (C=O) groups is 1. The molecule has 0 aliphatic rings. The number of aromatic nitrogens is 2. The van der Waals surface area contributed by atoms with Crippen LogP contribution in [0.25, 0.3) is 0 Å². The maximum Gasteiger partial charge on any atom is 0.319 e. The fourth-order valence-corrected chi connectivity index (χ4v) is 2.23. The number of halogens is 1. The first-order chi connectivity index (χ1) is 9.65. The predicted octanol–water partition coefficient (Wildman–Crippen LogP) is 3.17. The molecule has 2 aromatic rings. The fourth-order valence-electron chi connectivity index (χ4n) is 1.83. The molecule has 106 valence electrons. The van der Waals surface area contributed by atoms with E-state index in [0.717, 1.165) is 29.0 Å². The molecule has 0 radical (unpaired) electrons. The summed E-state index contributed by atoms with van der Waals surface area (Å²) in [7, 11) is 0. The predicted molar refractivity (Wildman–Crippen MR) is 82.7 cm³/mol. The Kier molecular flexibility index (Phi) is 5.17. The number of hydrogen-bond donors (Lipinski definition) is 2. The largest absolute Gasteiger partial charge is 0.338 e. The Balaban J connectivity index is 1.69. The Morgan fingerprint density at radius 2 is 2.30 bits per heavy atom. The SMILES string of the molecule is Cc1nccn1CCCNC(=O)Nc1cccc(Br)c1. The Labute approximate surface area is 126 Å². The highest BCUT2D eigenvalue weighted by atomic mass is 79.9. The molecule has 0 saturated heterocycles. The number of nitrogens with one attached hydrogen (secondary N) is 2. The zero-order valence-electron chi connectivity index (χ0n) is 11.3. The van der Waals surface area contributed by atoms with Crippen LogP contribution in [-0.4, -0.2) is 22.1 Å². The van der Waals surface area contributed by atoms with Gasteiger partial charge in [-0.1, -0.05) is 22.0 Å². The number of benzene rings is 1. The lowest BCUT2D eigenvalue weighted by molar-refractivity contribution is 0.252. The molecule has 2 amide bonds. The van der Waals surface area contributed by atoms with Crippen molar-refractivity contribution in [3.63, 3.8) is 0 Å². The monoisotopic (exact) mass is 336 g/mol. The second-order valence-electron chi connectivity index (χ2n) is 4.41. The Morgan fingerprint density at radius 3 is 3.00 bits per heavy atom. The van der Waals surface area contributed by atoms with E-state index >= 15 is 0 Å². The summed E-state index contributed by atoms with van der Waals surface area (Å²) < 4.78 is 3.00. The number of carbonyl (C=O) groups excluding carboxylic acids is 1. The third kappa shape index (κ3) is 4.38. The lowest BCUT2D eigenvalue weighted by Gasteiger charge is -2.08. The standard InChI is InChI=1S/C14H17BrN4O/c1-11-16-7-9-19(11)8-3-6-17-14(20)18-13-5-2-4-12(15)10-13/h2,4-5,7,9-10H,3,6,8H2,1H3,(H2,17,18,20). The average Bonchev–Trinajstić information content (AvgIpc) is 2.80. The highest BCUT2D eigenvalue weighted by Gasteiger charge is 2.02. The minimum Gasteiger partial charge on any atom is -0.338 e. The van der Waals surface area contributed by atoms with Crippen LogP contribution >= 0.6 is 15.9 Å². The minimum atomic E-state index is -0.189. The number of anilines is 1. The van der Waals surface area contributed by atoms with E-state index < -0.39 is 0 Å². The highest BCUT2D eigenvalue weighted by molar-refractivity contribution is 9.10. The summed E-state index contributed by atoms with van der Waals surface area (Å²) in [5.74, 6) is 0.989. The molecule has 0 bridgehead atoms. The summed E-state index contributed by atoms with van der Waals surface area (Å²) in [5, 5.41) is 5.62. The summed E-state index contributed by atoms with van der Waals surface area (Å²) in [5.41, 5.74) is 0.766. The van der Waals surface area contributed by atoms with E-state index in [1.54, 1.807) is 6.20 Å². The Hall–Kier alpha value is -1.82. The van der Waals surface area contributed by atoms with E-state index in [0.29, 0.717) is 6.54 Å². The van der Waals surface area contributed by atoms with Gasteiger partial charge in [-0.25, -0.2) is 9.78 Å². The van der Waals surface area contributed by atoms with Crippen molar-refractivity contribution in [1.29, 1.82) is 0 Å². The second-order valence-corrected chi connectivity index (χ2v) is 5.33. The third-order valence-corrected chi connectivity index (χ3v) is 3.36. The topological polar surface area (TPSA) is 59.0 Å². The Bertz CT molecular complexity index is 582. The van der Waals surface area contributed by atoms with E-state index in [-0.39, 0.29) is 6.03 Å². The van der Waals surface area contributed by atoms with Crippen molar-refractivity contribution in [3.05, 3.63) is 47.0 Å². The highest BCUT2D eigenvalue weighted by Crippen LogP contribution is 2.15. The maximum atomic E-state index is 11.7. The molecule has 1 heterocycles. The molecule has 0 spiro atoms. The normalized spacial score (nSPS) is 10.3. The third-order valence-electron chi connectivity index (χ3n) is 2.87. The van der Waals surface area contributed by atoms with Crippen molar-refractivity contribution in [2.75, 3.05) is 11.9 Å². The summed E-state index contributed by atoms with van der Waals surface area (Å²) >= 11 is 3.36. The first-order valence-electron chi connectivity index (χ1n) is 6.43. The Morgan fingerprint density at radius 1 is 1.45 bits per heavy atom. The number of nitrogens with zero attached hydrogens (tertiary/aromatic N) is 2. The molecule has 0 aliphatic heterocycles. The van der Waals surface area contributed by atoms with Gasteiger partial charge in [-0.2, -0.15) is 0 Å². The van der Waals surface area contributed by atoms with E-state index in [1.807, 2.05) is 37.4 Å². The second kappa shape index (κ2) is 7.09. The van der Waals surface area contributed by atoms with Crippen LogP contribution in [0.1, 0.15) is 12.2 Å². The van der Waals surface area contributed by atoms with E-state index in [9.17, 15) is 4.79 Å². The van der Waals surface area contributed by atoms with Crippen molar-refractivity contribution < 1.29 is 4.79 Å². The van der Waals surface area contributed by atoms with Crippen LogP contribution in [0.3, 0.4) is 0 Å². The molecule has 2 N–H and O–H groups in total. The zero-order valence-corrected chi connectivity index (χ0v) is 12.9. The van der Waals surface area contributed by atoms with Crippen LogP contribution in [0.2, 0.25) is 0 Å². The molecule has 5 nitrogen and oxygen atoms in total. The van der Waals surface area contributed by atoms with Crippen molar-refractivity contribution in [2.24, 2.45) is 0 Å². The molecular weight excluding hydrogens is 320 g/mol. The van der Waals surface area contributed by atoms with Gasteiger partial charge in [-0.3, -0.25) is 0 Å². The number of urea groups is 1. The number of hydrogen-bond acceptors (Lipinski definition) is 2. The van der Waals surface area contributed by atoms with Gasteiger partial charge in [0.2, 0.25) is 0 Å². The van der Waals surface area contributed by atoms with Gasteiger partial charge in [0, 0.05) is 35.6 Å². The quantitative estimate of drug-likeness (QED) is 0.824. The zero-order chi connectivity index (χ0) is 14.4. The maximum absolute atomic E-state index is 11.7. The molecule has 1 aromatic carbocycles. The molecule has 0 saturated carbocycles. The van der Waals surface area contributed by atoms with Crippen molar-refractivity contribution >= 4 is 27.6 Å². The van der Waals surface area contributed by atoms with E-state index in [1.165, 1.54) is 0 Å². The number of aryl methyl sites for hydroxylation is 2. The van der Waals surface area contributed by atoms with Crippen LogP contribution in [0.15, 0.2) is 41.1 Å². The molecule has 20 heavy (non-hydrogen) atoms. The van der Waals surface area contributed by atoms with Crippen molar-refractivity contribution in [3.8, 4) is 0 Å². The van der Waals surface area contributed by atoms with Gasteiger partial charge in [0.05, 0.1) is 0 Å². The fraction of sp³-hybridized carbons (Fsp3) is 0.286. The lowest BCUT2D eigenvalue weighted by atomic mass is 10.3. The minimum absolute atomic E-state index is 0.189. The summed E-state index contributed by atoms with van der Waals surface area (Å²) in [6.45, 7) is 3.44. The van der Waals surface area contributed by atoms with E-state index in [4.69, 9.17) is 0 Å². The summed E-state index contributed by atoms with van der Waals surface area (Å²) in [6.07, 6.45) is 4.59. The number of amides is 2. The van der Waals surface area contributed by atoms with Gasteiger partial charge < -0.3 is 15.2 Å². The van der Waals surface area contributed by atoms with Crippen LogP contribution in [0, 0.1) is 6.92 Å². The van der Waals surface area contributed by atoms with Crippen LogP contribution in [0.4, 0.5) is 10.5 Å². The molecule has 1 aromatic heterocycles. The first-order valence-corrected chi connectivity index (χ1v) is 7.22. The van der Waals surface area contributed by atoms with Crippen molar-refractivity contribution in [1.82, 2.24) is 14.9 Å². The average molecular weight is 337 g/mol. The molecular formula is C14H17BrN4O. The van der Waals surface area contributed by atoms with Gasteiger partial charge in [-0.15, -0.1) is 0 Å². The van der Waals surface area contributed by atoms with Crippen LogP contribution in [0.5, 0.6) is 0 Å². The van der Waals surface area contributed by atoms with Crippen LogP contribution < -0.4 is 10.6 Å². The molecule has 2 rings (SSSR count). The van der Waals surface area contributed by atoms with Crippen LogP contribution in [-0.2, 0) is 6.54 Å². The van der Waals surface area contributed by atoms with Gasteiger partial charge in [0.1, 0.15) is 5.82 Å². The smallest absolute Gasteiger partial charge is 0.319 e. The molecule has 0 aliphatic carbocycles. The lowest BCUT2D eigenvalue weighted by Crippen LogP contribution is -2.30.